The summed E-state index contributed by atoms with van der Waals surface area (Å²) in [5, 5.41) is 9.42. The van der Waals surface area contributed by atoms with Gasteiger partial charge in [-0.3, -0.25) is 9.89 Å². The van der Waals surface area contributed by atoms with Crippen LogP contribution in [0, 0.1) is 5.82 Å². The zero-order valence-corrected chi connectivity index (χ0v) is 17.5. The van der Waals surface area contributed by atoms with Gasteiger partial charge in [0.2, 0.25) is 0 Å². The van der Waals surface area contributed by atoms with E-state index in [1.54, 1.807) is 12.1 Å². The maximum absolute atomic E-state index is 14.2. The monoisotopic (exact) mass is 440 g/mol. The highest BCUT2D eigenvalue weighted by Crippen LogP contribution is 2.33. The fourth-order valence-corrected chi connectivity index (χ4v) is 4.46. The van der Waals surface area contributed by atoms with Gasteiger partial charge in [-0.15, -0.1) is 11.6 Å². The molecule has 1 N–H and O–H groups in total. The van der Waals surface area contributed by atoms with E-state index >= 15 is 0 Å². The van der Waals surface area contributed by atoms with Crippen LogP contribution in [0.25, 0.3) is 5.69 Å². The Labute approximate surface area is 184 Å². The lowest BCUT2D eigenvalue weighted by molar-refractivity contribution is -0.0366. The number of hydrogen-bond donors (Lipinski definition) is 1. The second-order valence-electron chi connectivity index (χ2n) is 7.68. The molecule has 3 heterocycles. The van der Waals surface area contributed by atoms with Crippen LogP contribution < -0.4 is 0 Å². The fraction of sp³-hybridized carbons (Fsp3) is 0.304. The predicted octanol–water partition coefficient (Wildman–Crippen LogP) is 3.75. The number of aromatic nitrogens is 2. The average molecular weight is 441 g/mol. The Kier molecular flexibility index (Phi) is 5.58. The molecule has 2 aromatic carbocycles. The number of morpholine rings is 1. The first-order valence-electron chi connectivity index (χ1n) is 10.2. The Balaban J connectivity index is 1.41. The first-order chi connectivity index (χ1) is 15.1. The first-order valence-corrected chi connectivity index (χ1v) is 10.6. The molecule has 1 fully saturated rings. The molecule has 160 valence electrons. The van der Waals surface area contributed by atoms with Gasteiger partial charge in [-0.2, -0.15) is 0 Å². The highest BCUT2D eigenvalue weighted by atomic mass is 35.5. The average Bonchev–Trinajstić information content (AvgIpc) is 3.14. The molecule has 1 aromatic heterocycles. The summed E-state index contributed by atoms with van der Waals surface area (Å²) in [5.41, 5.74) is 3.61. The van der Waals surface area contributed by atoms with Crippen LogP contribution >= 0.6 is 11.6 Å². The summed E-state index contributed by atoms with van der Waals surface area (Å²) in [4.78, 5) is 11.0. The molecule has 8 heteroatoms. The van der Waals surface area contributed by atoms with E-state index in [1.165, 1.54) is 6.07 Å². The normalized spacial score (nSPS) is 19.5. The number of nitrogens with zero attached hydrogens (tertiary/aromatic N) is 4. The molecule has 6 nitrogen and oxygen atoms in total. The number of benzene rings is 2. The number of halogens is 2. The topological polar surface area (TPSA) is 62.9 Å². The number of alkyl halides is 1. The number of imidazole rings is 1. The number of hydrogen-bond acceptors (Lipinski definition) is 5. The number of aliphatic hydroxyl groups is 1. The van der Waals surface area contributed by atoms with Crippen molar-refractivity contribution in [1.82, 2.24) is 14.5 Å². The van der Waals surface area contributed by atoms with Crippen molar-refractivity contribution in [3.05, 3.63) is 82.7 Å². The van der Waals surface area contributed by atoms with Gasteiger partial charge in [0.1, 0.15) is 17.1 Å². The lowest BCUT2D eigenvalue weighted by Crippen LogP contribution is -2.39. The molecule has 0 amide bonds. The van der Waals surface area contributed by atoms with Crippen molar-refractivity contribution in [1.29, 1.82) is 0 Å². The second kappa shape index (κ2) is 8.51. The number of ether oxygens (including phenoxy) is 1. The quantitative estimate of drug-likeness (QED) is 0.496. The SMILES string of the molecule is OCc1cn2c(n1)CN=Cc1cc(C(Cl)N3CCOC(c4ccccc4F)C3)ccc1-2. The van der Waals surface area contributed by atoms with Crippen LogP contribution in [-0.2, 0) is 17.9 Å². The van der Waals surface area contributed by atoms with Crippen molar-refractivity contribution in [3.63, 3.8) is 0 Å². The van der Waals surface area contributed by atoms with Gasteiger partial charge in [-0.05, 0) is 23.8 Å². The molecule has 1 saturated heterocycles. The number of fused-ring (bicyclic) bond motifs is 3. The molecule has 2 atom stereocenters. The van der Waals surface area contributed by atoms with E-state index in [1.807, 2.05) is 41.2 Å². The zero-order valence-electron chi connectivity index (χ0n) is 16.8. The van der Waals surface area contributed by atoms with Gasteiger partial charge >= 0.3 is 0 Å². The molecule has 0 bridgehead atoms. The van der Waals surface area contributed by atoms with E-state index in [2.05, 4.69) is 14.9 Å². The zero-order chi connectivity index (χ0) is 21.4. The van der Waals surface area contributed by atoms with Gasteiger partial charge in [-0.25, -0.2) is 9.37 Å². The van der Waals surface area contributed by atoms with Gasteiger partial charge in [-0.1, -0.05) is 24.3 Å². The third-order valence-corrected chi connectivity index (χ3v) is 6.24. The van der Waals surface area contributed by atoms with Crippen LogP contribution in [0.1, 0.15) is 39.8 Å². The third kappa shape index (κ3) is 3.90. The second-order valence-corrected chi connectivity index (χ2v) is 8.09. The van der Waals surface area contributed by atoms with Crippen LogP contribution in [0.2, 0.25) is 0 Å². The summed E-state index contributed by atoms with van der Waals surface area (Å²) in [5.74, 6) is 0.523. The minimum atomic E-state index is -0.379. The minimum Gasteiger partial charge on any atom is -0.390 e. The van der Waals surface area contributed by atoms with Crippen molar-refractivity contribution < 1.29 is 14.2 Å². The Morgan fingerprint density at radius 2 is 2.13 bits per heavy atom. The fourth-order valence-electron chi connectivity index (χ4n) is 4.15. The van der Waals surface area contributed by atoms with E-state index in [-0.39, 0.29) is 24.0 Å². The molecule has 0 aliphatic carbocycles. The standard InChI is InChI=1S/C23H22ClFN4O2/c24-23(28-7-8-31-21(13-28)18-3-1-2-4-19(18)25)15-5-6-20-16(9-15)10-26-11-22-27-17(14-30)12-29(20)22/h1-6,9-10,12,21,23,30H,7-8,11,13-14H2. The smallest absolute Gasteiger partial charge is 0.135 e. The molecule has 2 unspecified atom stereocenters. The summed E-state index contributed by atoms with van der Waals surface area (Å²) in [6.07, 6.45) is 3.31. The van der Waals surface area contributed by atoms with Gasteiger partial charge in [0, 0.05) is 36.6 Å². The molecule has 0 radical (unpaired) electrons. The number of aliphatic imine (C=N–C) groups is 1. The summed E-state index contributed by atoms with van der Waals surface area (Å²) in [6.45, 7) is 1.99. The molecular formula is C23H22ClFN4O2. The summed E-state index contributed by atoms with van der Waals surface area (Å²) in [6, 6.07) is 12.7. The summed E-state index contributed by atoms with van der Waals surface area (Å²) < 4.78 is 22.0. The predicted molar refractivity (Wildman–Crippen MR) is 116 cm³/mol. The van der Waals surface area contributed by atoms with Crippen LogP contribution in [0.4, 0.5) is 4.39 Å². The minimum absolute atomic E-state index is 0.110. The Morgan fingerprint density at radius 1 is 1.26 bits per heavy atom. The molecule has 2 aliphatic rings. The summed E-state index contributed by atoms with van der Waals surface area (Å²) in [7, 11) is 0. The van der Waals surface area contributed by atoms with Crippen molar-refractivity contribution in [2.24, 2.45) is 4.99 Å². The molecule has 3 aromatic rings. The van der Waals surface area contributed by atoms with Crippen molar-refractivity contribution in [2.75, 3.05) is 19.7 Å². The van der Waals surface area contributed by atoms with E-state index in [4.69, 9.17) is 16.3 Å². The molecular weight excluding hydrogens is 419 g/mol. The van der Waals surface area contributed by atoms with Crippen molar-refractivity contribution >= 4 is 17.8 Å². The maximum atomic E-state index is 14.2. The third-order valence-electron chi connectivity index (χ3n) is 5.71. The first kappa shape index (κ1) is 20.3. The number of rotatable bonds is 4. The van der Waals surface area contributed by atoms with E-state index < -0.39 is 0 Å². The molecule has 0 spiro atoms. The van der Waals surface area contributed by atoms with Crippen LogP contribution in [0.15, 0.2) is 53.7 Å². The summed E-state index contributed by atoms with van der Waals surface area (Å²) >= 11 is 6.87. The number of aliphatic hydroxyl groups excluding tert-OH is 1. The van der Waals surface area contributed by atoms with Crippen molar-refractivity contribution in [3.8, 4) is 5.69 Å². The molecule has 2 aliphatic heterocycles. The lowest BCUT2D eigenvalue weighted by atomic mass is 10.1. The van der Waals surface area contributed by atoms with Crippen LogP contribution in [0.3, 0.4) is 0 Å². The van der Waals surface area contributed by atoms with Crippen molar-refractivity contribution in [2.45, 2.75) is 24.8 Å². The lowest BCUT2D eigenvalue weighted by Gasteiger charge is -2.36. The van der Waals surface area contributed by atoms with Gasteiger partial charge < -0.3 is 14.4 Å². The maximum Gasteiger partial charge on any atom is 0.135 e. The molecule has 31 heavy (non-hydrogen) atoms. The van der Waals surface area contributed by atoms with Gasteiger partial charge in [0.05, 0.1) is 37.2 Å². The van der Waals surface area contributed by atoms with E-state index in [0.29, 0.717) is 37.5 Å². The van der Waals surface area contributed by atoms with Gasteiger partial charge in [0.15, 0.2) is 0 Å². The highest BCUT2D eigenvalue weighted by molar-refractivity contribution is 6.20. The Bertz CT molecular complexity index is 1130. The van der Waals surface area contributed by atoms with Crippen LogP contribution in [-0.4, -0.2) is 45.5 Å². The Hall–Kier alpha value is -2.58. The highest BCUT2D eigenvalue weighted by Gasteiger charge is 2.29. The van der Waals surface area contributed by atoms with E-state index in [0.717, 1.165) is 22.6 Å². The van der Waals surface area contributed by atoms with Crippen LogP contribution in [0.5, 0.6) is 0 Å². The Morgan fingerprint density at radius 3 is 2.97 bits per heavy atom. The molecule has 0 saturated carbocycles. The van der Waals surface area contributed by atoms with E-state index in [9.17, 15) is 9.50 Å². The molecule has 5 rings (SSSR count). The van der Waals surface area contributed by atoms with Gasteiger partial charge in [0.25, 0.3) is 0 Å². The largest absolute Gasteiger partial charge is 0.390 e.